The third-order valence-electron chi connectivity index (χ3n) is 3.20. The number of hydrogen-bond acceptors (Lipinski definition) is 4. The second-order valence-electron chi connectivity index (χ2n) is 4.68. The smallest absolute Gasteiger partial charge is 0.352 e. The van der Waals surface area contributed by atoms with Gasteiger partial charge in [0.05, 0.1) is 5.92 Å². The maximum atomic E-state index is 12.6. The largest absolute Gasteiger partial charge is 0.391 e. The van der Waals surface area contributed by atoms with Crippen molar-refractivity contribution in [3.8, 4) is 0 Å². The van der Waals surface area contributed by atoms with Gasteiger partial charge in [-0.2, -0.15) is 13.2 Å². The van der Waals surface area contributed by atoms with E-state index in [2.05, 4.69) is 20.8 Å². The monoisotopic (exact) mass is 277 g/mol. The molecule has 1 aliphatic carbocycles. The van der Waals surface area contributed by atoms with Crippen LogP contribution in [0.5, 0.6) is 0 Å². The maximum absolute atomic E-state index is 12.6. The predicted molar refractivity (Wildman–Crippen MR) is 57.8 cm³/mol. The molecule has 0 spiro atoms. The van der Waals surface area contributed by atoms with Crippen LogP contribution in [0.25, 0.3) is 0 Å². The number of nitrogens with zero attached hydrogens (tertiary/aromatic N) is 4. The first-order valence-electron chi connectivity index (χ1n) is 6.02. The van der Waals surface area contributed by atoms with Crippen molar-refractivity contribution < 1.29 is 18.0 Å². The van der Waals surface area contributed by atoms with E-state index in [-0.39, 0.29) is 25.3 Å². The number of hydrogen-bond donors (Lipinski definition) is 1. The third kappa shape index (κ3) is 3.90. The van der Waals surface area contributed by atoms with Crippen LogP contribution in [0.15, 0.2) is 6.33 Å². The summed E-state index contributed by atoms with van der Waals surface area (Å²) in [4.78, 5) is 11.6. The maximum Gasteiger partial charge on any atom is 0.391 e. The summed E-state index contributed by atoms with van der Waals surface area (Å²) in [5, 5.41) is 12.9. The van der Waals surface area contributed by atoms with E-state index < -0.39 is 18.1 Å². The molecule has 2 rings (SSSR count). The fraction of sp³-hybridized carbons (Fsp3) is 0.800. The van der Waals surface area contributed by atoms with E-state index in [0.29, 0.717) is 12.8 Å². The summed E-state index contributed by atoms with van der Waals surface area (Å²) < 4.78 is 39.1. The Bertz CT molecular complexity index is 419. The minimum Gasteiger partial charge on any atom is -0.352 e. The van der Waals surface area contributed by atoms with E-state index in [9.17, 15) is 18.0 Å². The summed E-state index contributed by atoms with van der Waals surface area (Å²) >= 11 is 0. The van der Waals surface area contributed by atoms with Crippen molar-refractivity contribution in [1.29, 1.82) is 0 Å². The number of carbonyl (C=O) groups is 1. The molecule has 1 N–H and O–H groups in total. The summed E-state index contributed by atoms with van der Waals surface area (Å²) in [5.74, 6) is -1.69. The van der Waals surface area contributed by atoms with Crippen molar-refractivity contribution in [1.82, 2.24) is 25.5 Å². The minimum absolute atomic E-state index is 0.0507. The average Bonchev–Trinajstić information content (AvgIpc) is 2.80. The molecule has 1 heterocycles. The Labute approximate surface area is 107 Å². The number of carbonyl (C=O) groups excluding carboxylic acids is 1. The summed E-state index contributed by atoms with van der Waals surface area (Å²) in [5.41, 5.74) is 0. The highest BCUT2D eigenvalue weighted by Gasteiger charge is 2.42. The van der Waals surface area contributed by atoms with Gasteiger partial charge in [0.2, 0.25) is 5.91 Å². The Hall–Kier alpha value is -1.67. The van der Waals surface area contributed by atoms with E-state index in [1.165, 1.54) is 11.0 Å². The molecule has 106 valence electrons. The van der Waals surface area contributed by atoms with E-state index in [0.717, 1.165) is 0 Å². The van der Waals surface area contributed by atoms with Crippen LogP contribution in [0, 0.1) is 5.92 Å². The zero-order valence-corrected chi connectivity index (χ0v) is 10.1. The van der Waals surface area contributed by atoms with Crippen molar-refractivity contribution in [3.05, 3.63) is 6.33 Å². The van der Waals surface area contributed by atoms with Crippen LogP contribution in [0.3, 0.4) is 0 Å². The van der Waals surface area contributed by atoms with Gasteiger partial charge in [0.1, 0.15) is 12.9 Å². The number of nitrogens with one attached hydrogen (secondary N) is 1. The average molecular weight is 277 g/mol. The highest BCUT2D eigenvalue weighted by molar-refractivity contribution is 5.75. The van der Waals surface area contributed by atoms with Gasteiger partial charge in [0.15, 0.2) is 0 Å². The lowest BCUT2D eigenvalue weighted by molar-refractivity contribution is -0.184. The highest BCUT2D eigenvalue weighted by Crippen LogP contribution is 2.37. The van der Waals surface area contributed by atoms with Crippen LogP contribution in [0.4, 0.5) is 13.2 Å². The summed E-state index contributed by atoms with van der Waals surface area (Å²) in [6, 6.07) is -0.427. The fourth-order valence-corrected chi connectivity index (χ4v) is 2.29. The Kier molecular flexibility index (Phi) is 4.01. The third-order valence-corrected chi connectivity index (χ3v) is 3.20. The first-order valence-corrected chi connectivity index (χ1v) is 6.02. The van der Waals surface area contributed by atoms with E-state index in [1.54, 1.807) is 0 Å². The molecule has 0 bridgehead atoms. The van der Waals surface area contributed by atoms with Gasteiger partial charge in [-0.05, 0) is 29.7 Å². The number of tetrazole rings is 1. The summed E-state index contributed by atoms with van der Waals surface area (Å²) in [7, 11) is 0. The molecule has 1 aliphatic rings. The molecule has 1 aromatic heterocycles. The standard InChI is InChI=1S/C10H14F3N5O/c11-10(12,13)7-2-1-3-8(4-7)15-9(19)5-18-6-14-16-17-18/h6-8H,1-5H2,(H,15,19)/t7-,8-/m1/s1. The van der Waals surface area contributed by atoms with Gasteiger partial charge in [0.25, 0.3) is 0 Å². The van der Waals surface area contributed by atoms with Crippen LogP contribution in [0.1, 0.15) is 25.7 Å². The van der Waals surface area contributed by atoms with Gasteiger partial charge < -0.3 is 5.32 Å². The summed E-state index contributed by atoms with van der Waals surface area (Å²) in [6.07, 6.45) is -1.76. The number of rotatable bonds is 3. The molecule has 0 aromatic carbocycles. The molecule has 1 fully saturated rings. The molecular formula is C10H14F3N5O. The van der Waals surface area contributed by atoms with Crippen LogP contribution in [-0.2, 0) is 11.3 Å². The zero-order chi connectivity index (χ0) is 13.9. The molecule has 0 aliphatic heterocycles. The van der Waals surface area contributed by atoms with Crippen molar-refractivity contribution in [2.45, 2.75) is 44.4 Å². The second kappa shape index (κ2) is 5.54. The Balaban J connectivity index is 1.83. The molecule has 19 heavy (non-hydrogen) atoms. The highest BCUT2D eigenvalue weighted by atomic mass is 19.4. The normalized spacial score (nSPS) is 24.2. The molecule has 0 unspecified atom stereocenters. The molecule has 1 amide bonds. The fourth-order valence-electron chi connectivity index (χ4n) is 2.29. The number of amides is 1. The van der Waals surface area contributed by atoms with Crippen molar-refractivity contribution >= 4 is 5.91 Å². The van der Waals surface area contributed by atoms with Crippen molar-refractivity contribution in [2.75, 3.05) is 0 Å². The Morgan fingerprint density at radius 2 is 2.21 bits per heavy atom. The van der Waals surface area contributed by atoms with Crippen molar-refractivity contribution in [3.63, 3.8) is 0 Å². The molecule has 0 saturated heterocycles. The number of aromatic nitrogens is 4. The van der Waals surface area contributed by atoms with Crippen LogP contribution in [-0.4, -0.2) is 38.3 Å². The van der Waals surface area contributed by atoms with Crippen LogP contribution < -0.4 is 5.32 Å². The number of alkyl halides is 3. The Morgan fingerprint density at radius 1 is 1.42 bits per heavy atom. The first-order chi connectivity index (χ1) is 8.95. The lowest BCUT2D eigenvalue weighted by Gasteiger charge is -2.30. The van der Waals surface area contributed by atoms with E-state index in [4.69, 9.17) is 0 Å². The molecule has 0 radical (unpaired) electrons. The SMILES string of the molecule is O=C(Cn1cnnn1)N[C@@H]1CCC[C@@H](C(F)(F)F)C1. The second-order valence-corrected chi connectivity index (χ2v) is 4.68. The molecule has 9 heteroatoms. The Morgan fingerprint density at radius 3 is 2.84 bits per heavy atom. The van der Waals surface area contributed by atoms with Gasteiger partial charge >= 0.3 is 6.18 Å². The molecular weight excluding hydrogens is 263 g/mol. The minimum atomic E-state index is -4.18. The lowest BCUT2D eigenvalue weighted by Crippen LogP contribution is -2.42. The zero-order valence-electron chi connectivity index (χ0n) is 10.1. The van der Waals surface area contributed by atoms with Crippen LogP contribution >= 0.6 is 0 Å². The molecule has 1 saturated carbocycles. The lowest BCUT2D eigenvalue weighted by atomic mass is 9.85. The van der Waals surface area contributed by atoms with E-state index >= 15 is 0 Å². The van der Waals surface area contributed by atoms with E-state index in [1.807, 2.05) is 0 Å². The predicted octanol–water partition coefficient (Wildman–Crippen LogP) is 0.910. The number of halogens is 3. The molecule has 2 atom stereocenters. The topological polar surface area (TPSA) is 72.7 Å². The first kappa shape index (κ1) is 13.8. The van der Waals surface area contributed by atoms with Gasteiger partial charge in [-0.1, -0.05) is 6.42 Å². The van der Waals surface area contributed by atoms with Gasteiger partial charge in [-0.3, -0.25) is 4.79 Å². The molecule has 1 aromatic rings. The summed E-state index contributed by atoms with van der Waals surface area (Å²) in [6.45, 7) is -0.0832. The van der Waals surface area contributed by atoms with Gasteiger partial charge in [-0.25, -0.2) is 4.68 Å². The quantitative estimate of drug-likeness (QED) is 0.891. The van der Waals surface area contributed by atoms with Crippen LogP contribution in [0.2, 0.25) is 0 Å². The van der Waals surface area contributed by atoms with Crippen molar-refractivity contribution in [2.24, 2.45) is 5.92 Å². The van der Waals surface area contributed by atoms with Gasteiger partial charge in [0, 0.05) is 6.04 Å². The molecule has 6 nitrogen and oxygen atoms in total. The van der Waals surface area contributed by atoms with Gasteiger partial charge in [-0.15, -0.1) is 5.10 Å².